The summed E-state index contributed by atoms with van der Waals surface area (Å²) < 4.78 is 0. The van der Waals surface area contributed by atoms with Crippen LogP contribution in [0.5, 0.6) is 0 Å². The van der Waals surface area contributed by atoms with E-state index < -0.39 is 5.54 Å². The molecule has 1 amide bonds. The maximum Gasteiger partial charge on any atom is 0.253 e. The summed E-state index contributed by atoms with van der Waals surface area (Å²) in [6.07, 6.45) is 11.7. The Bertz CT molecular complexity index is 346. The molecule has 2 rings (SSSR count). The monoisotopic (exact) mass is 279 g/mol. The standard InChI is InChI=1S/C16H29N3O/c1-2-3-4-5-6-7-8-9-14-18-15(20)16(19-14)10-12-17-13-11-16/h17H,2-13H2,1H3,(H,18,19,20). The third kappa shape index (κ3) is 4.05. The normalized spacial score (nSPS) is 21.1. The van der Waals surface area contributed by atoms with Crippen LogP contribution in [-0.2, 0) is 4.79 Å². The first kappa shape index (κ1) is 15.5. The first-order valence-electron chi connectivity index (χ1n) is 8.38. The lowest BCUT2D eigenvalue weighted by Crippen LogP contribution is -2.47. The molecule has 0 saturated carbocycles. The predicted octanol–water partition coefficient (Wildman–Crippen LogP) is 2.78. The highest BCUT2D eigenvalue weighted by atomic mass is 16.2. The molecule has 2 heterocycles. The molecule has 0 aromatic carbocycles. The van der Waals surface area contributed by atoms with Crippen LogP contribution in [0, 0.1) is 0 Å². The Balaban J connectivity index is 1.66. The molecule has 0 aliphatic carbocycles. The fourth-order valence-electron chi connectivity index (χ4n) is 3.13. The van der Waals surface area contributed by atoms with Crippen LogP contribution in [0.3, 0.4) is 0 Å². The second-order valence-corrected chi connectivity index (χ2v) is 6.17. The van der Waals surface area contributed by atoms with Crippen molar-refractivity contribution in [2.45, 2.75) is 76.7 Å². The van der Waals surface area contributed by atoms with Gasteiger partial charge in [-0.05, 0) is 32.4 Å². The molecule has 0 aromatic heterocycles. The van der Waals surface area contributed by atoms with Crippen molar-refractivity contribution in [1.29, 1.82) is 0 Å². The molecule has 4 heteroatoms. The maximum atomic E-state index is 12.1. The first-order chi connectivity index (χ1) is 9.77. The van der Waals surface area contributed by atoms with Gasteiger partial charge in [0.1, 0.15) is 11.4 Å². The number of amides is 1. The van der Waals surface area contributed by atoms with Gasteiger partial charge < -0.3 is 10.6 Å². The number of carbonyl (C=O) groups is 1. The molecular weight excluding hydrogens is 250 g/mol. The number of carbonyl (C=O) groups excluding carboxylic acids is 1. The van der Waals surface area contributed by atoms with Gasteiger partial charge in [0.25, 0.3) is 5.91 Å². The van der Waals surface area contributed by atoms with E-state index in [4.69, 9.17) is 4.99 Å². The van der Waals surface area contributed by atoms with Crippen molar-refractivity contribution in [2.24, 2.45) is 4.99 Å². The molecule has 1 saturated heterocycles. The van der Waals surface area contributed by atoms with Crippen LogP contribution in [-0.4, -0.2) is 30.4 Å². The number of unbranched alkanes of at least 4 members (excludes halogenated alkanes) is 6. The van der Waals surface area contributed by atoms with Gasteiger partial charge in [-0.25, -0.2) is 0 Å². The van der Waals surface area contributed by atoms with E-state index >= 15 is 0 Å². The summed E-state index contributed by atoms with van der Waals surface area (Å²) in [6, 6.07) is 0. The van der Waals surface area contributed by atoms with Gasteiger partial charge in [0.15, 0.2) is 0 Å². The molecule has 0 radical (unpaired) electrons. The van der Waals surface area contributed by atoms with Crippen molar-refractivity contribution in [2.75, 3.05) is 13.1 Å². The predicted molar refractivity (Wildman–Crippen MR) is 83.0 cm³/mol. The summed E-state index contributed by atoms with van der Waals surface area (Å²) in [5, 5.41) is 6.31. The lowest BCUT2D eigenvalue weighted by molar-refractivity contribution is -0.124. The molecule has 0 bridgehead atoms. The van der Waals surface area contributed by atoms with Crippen molar-refractivity contribution in [1.82, 2.24) is 10.6 Å². The van der Waals surface area contributed by atoms with E-state index in [1.807, 2.05) is 0 Å². The highest BCUT2D eigenvalue weighted by Crippen LogP contribution is 2.27. The molecule has 0 atom stereocenters. The number of piperidine rings is 1. The Kier molecular flexibility index (Phi) is 6.02. The van der Waals surface area contributed by atoms with Gasteiger partial charge in [0, 0.05) is 6.42 Å². The van der Waals surface area contributed by atoms with Crippen LogP contribution in [0.2, 0.25) is 0 Å². The van der Waals surface area contributed by atoms with E-state index in [2.05, 4.69) is 17.6 Å². The second kappa shape index (κ2) is 7.77. The number of hydrogen-bond acceptors (Lipinski definition) is 3. The van der Waals surface area contributed by atoms with E-state index in [0.717, 1.165) is 44.6 Å². The van der Waals surface area contributed by atoms with Gasteiger partial charge in [-0.1, -0.05) is 45.4 Å². The van der Waals surface area contributed by atoms with Crippen molar-refractivity contribution >= 4 is 11.7 Å². The average Bonchev–Trinajstić information content (AvgIpc) is 2.75. The van der Waals surface area contributed by atoms with E-state index in [1.54, 1.807) is 0 Å². The summed E-state index contributed by atoms with van der Waals surface area (Å²) >= 11 is 0. The zero-order valence-corrected chi connectivity index (χ0v) is 12.8. The van der Waals surface area contributed by atoms with Crippen LogP contribution >= 0.6 is 0 Å². The summed E-state index contributed by atoms with van der Waals surface area (Å²) in [4.78, 5) is 16.8. The number of amidine groups is 1. The molecule has 2 aliphatic rings. The topological polar surface area (TPSA) is 53.5 Å². The summed E-state index contributed by atoms with van der Waals surface area (Å²) in [7, 11) is 0. The van der Waals surface area contributed by atoms with E-state index in [9.17, 15) is 4.79 Å². The number of nitrogens with one attached hydrogen (secondary N) is 2. The number of nitrogens with zero attached hydrogens (tertiary/aromatic N) is 1. The Morgan fingerprint density at radius 3 is 2.40 bits per heavy atom. The second-order valence-electron chi connectivity index (χ2n) is 6.17. The SMILES string of the molecule is CCCCCCCCCC1=NC2(CCNCC2)C(=O)N1. The van der Waals surface area contributed by atoms with Gasteiger partial charge >= 0.3 is 0 Å². The Hall–Kier alpha value is -0.900. The Morgan fingerprint density at radius 1 is 1.05 bits per heavy atom. The fourth-order valence-corrected chi connectivity index (χ4v) is 3.13. The molecular formula is C16H29N3O. The lowest BCUT2D eigenvalue weighted by atomic mass is 9.89. The highest BCUT2D eigenvalue weighted by Gasteiger charge is 2.43. The third-order valence-electron chi connectivity index (χ3n) is 4.48. The third-order valence-corrected chi connectivity index (χ3v) is 4.48. The molecule has 1 fully saturated rings. The molecule has 1 spiro atoms. The van der Waals surface area contributed by atoms with E-state index in [1.165, 1.54) is 38.5 Å². The van der Waals surface area contributed by atoms with Gasteiger partial charge in [-0.3, -0.25) is 9.79 Å². The van der Waals surface area contributed by atoms with Crippen LogP contribution in [0.1, 0.15) is 71.1 Å². The van der Waals surface area contributed by atoms with Gasteiger partial charge in [-0.2, -0.15) is 0 Å². The molecule has 114 valence electrons. The minimum atomic E-state index is -0.429. The van der Waals surface area contributed by atoms with Gasteiger partial charge in [0.05, 0.1) is 0 Å². The molecule has 0 aromatic rings. The summed E-state index contributed by atoms with van der Waals surface area (Å²) in [6.45, 7) is 4.06. The molecule has 0 unspecified atom stereocenters. The molecule has 2 N–H and O–H groups in total. The number of hydrogen-bond donors (Lipinski definition) is 2. The zero-order chi connectivity index (χ0) is 14.3. The smallest absolute Gasteiger partial charge is 0.253 e. The van der Waals surface area contributed by atoms with Crippen LogP contribution < -0.4 is 10.6 Å². The lowest BCUT2D eigenvalue weighted by Gasteiger charge is -2.28. The Morgan fingerprint density at radius 2 is 1.70 bits per heavy atom. The largest absolute Gasteiger partial charge is 0.317 e. The minimum Gasteiger partial charge on any atom is -0.317 e. The first-order valence-corrected chi connectivity index (χ1v) is 8.38. The molecule has 20 heavy (non-hydrogen) atoms. The average molecular weight is 279 g/mol. The zero-order valence-electron chi connectivity index (χ0n) is 12.8. The fraction of sp³-hybridized carbons (Fsp3) is 0.875. The van der Waals surface area contributed by atoms with Crippen molar-refractivity contribution < 1.29 is 4.79 Å². The number of aliphatic imine (C=N–C) groups is 1. The van der Waals surface area contributed by atoms with Crippen LogP contribution in [0.4, 0.5) is 0 Å². The van der Waals surface area contributed by atoms with Crippen molar-refractivity contribution in [3.8, 4) is 0 Å². The highest BCUT2D eigenvalue weighted by molar-refractivity contribution is 6.08. The minimum absolute atomic E-state index is 0.136. The van der Waals surface area contributed by atoms with Gasteiger partial charge in [-0.15, -0.1) is 0 Å². The summed E-state index contributed by atoms with van der Waals surface area (Å²) in [5.74, 6) is 1.07. The maximum absolute atomic E-state index is 12.1. The molecule has 4 nitrogen and oxygen atoms in total. The van der Waals surface area contributed by atoms with Crippen molar-refractivity contribution in [3.05, 3.63) is 0 Å². The molecule has 2 aliphatic heterocycles. The van der Waals surface area contributed by atoms with E-state index in [-0.39, 0.29) is 5.91 Å². The van der Waals surface area contributed by atoms with E-state index in [0.29, 0.717) is 0 Å². The van der Waals surface area contributed by atoms with Crippen molar-refractivity contribution in [3.63, 3.8) is 0 Å². The van der Waals surface area contributed by atoms with Crippen LogP contribution in [0.25, 0.3) is 0 Å². The van der Waals surface area contributed by atoms with Gasteiger partial charge in [0.2, 0.25) is 0 Å². The summed E-state index contributed by atoms with van der Waals surface area (Å²) in [5.41, 5.74) is -0.429. The van der Waals surface area contributed by atoms with Crippen LogP contribution in [0.15, 0.2) is 4.99 Å². The Labute approximate surface area is 122 Å². The number of rotatable bonds is 8. The quantitative estimate of drug-likeness (QED) is 0.671.